The highest BCUT2D eigenvalue weighted by Crippen LogP contribution is 2.28. The highest BCUT2D eigenvalue weighted by atomic mass is 32.2. The van der Waals surface area contributed by atoms with Gasteiger partial charge in [-0.2, -0.15) is 5.10 Å². The summed E-state index contributed by atoms with van der Waals surface area (Å²) in [7, 11) is 1.62. The molecule has 3 aromatic carbocycles. The van der Waals surface area contributed by atoms with Crippen LogP contribution in [-0.2, 0) is 4.79 Å². The van der Waals surface area contributed by atoms with Crippen molar-refractivity contribution in [1.29, 1.82) is 0 Å². The maximum absolute atomic E-state index is 12.6. The second-order valence-electron chi connectivity index (χ2n) is 7.49. The molecule has 0 unspecified atom stereocenters. The first-order chi connectivity index (χ1) is 17.1. The maximum Gasteiger partial charge on any atom is 0.250 e. The summed E-state index contributed by atoms with van der Waals surface area (Å²) in [6, 6.07) is 24.1. The number of rotatable bonds is 9. The summed E-state index contributed by atoms with van der Waals surface area (Å²) < 4.78 is 7.20. The van der Waals surface area contributed by atoms with Crippen LogP contribution in [-0.4, -0.2) is 44.4 Å². The number of aromatic hydroxyl groups is 1. The standard InChI is InChI=1S/C26H25N5O3S/c1-3-23(18-9-13-21(32)14-10-18)27-28-24(33)17-35-26-30-29-25(19-7-5-4-6-8-19)31(26)20-11-15-22(34-2)16-12-20/h4-16,32H,3,17H2,1-2H3,(H,28,33). The average molecular weight is 488 g/mol. The Hall–Kier alpha value is -4.11. The first kappa shape index (κ1) is 24.0. The predicted molar refractivity (Wildman–Crippen MR) is 137 cm³/mol. The highest BCUT2D eigenvalue weighted by Gasteiger charge is 2.17. The second-order valence-corrected chi connectivity index (χ2v) is 8.43. The van der Waals surface area contributed by atoms with E-state index in [2.05, 4.69) is 20.7 Å². The molecule has 1 amide bonds. The Bertz CT molecular complexity index is 1300. The molecule has 0 fully saturated rings. The number of carbonyl (C=O) groups excluding carboxylic acids is 1. The number of hydrazone groups is 1. The van der Waals surface area contributed by atoms with Crippen LogP contribution >= 0.6 is 11.8 Å². The lowest BCUT2D eigenvalue weighted by Crippen LogP contribution is -2.22. The van der Waals surface area contributed by atoms with Crippen molar-refractivity contribution < 1.29 is 14.6 Å². The van der Waals surface area contributed by atoms with Crippen molar-refractivity contribution in [1.82, 2.24) is 20.2 Å². The van der Waals surface area contributed by atoms with Gasteiger partial charge in [0.25, 0.3) is 5.91 Å². The van der Waals surface area contributed by atoms with Crippen LogP contribution in [0.4, 0.5) is 0 Å². The normalized spacial score (nSPS) is 11.3. The molecule has 178 valence electrons. The van der Waals surface area contributed by atoms with Gasteiger partial charge in [-0.15, -0.1) is 10.2 Å². The van der Waals surface area contributed by atoms with Crippen LogP contribution < -0.4 is 10.2 Å². The SMILES string of the molecule is CCC(=NNC(=O)CSc1nnc(-c2ccccc2)n1-c1ccc(OC)cc1)c1ccc(O)cc1. The van der Waals surface area contributed by atoms with Crippen molar-refractivity contribution in [3.63, 3.8) is 0 Å². The van der Waals surface area contributed by atoms with Crippen LogP contribution in [0.25, 0.3) is 17.1 Å². The van der Waals surface area contributed by atoms with Crippen molar-refractivity contribution >= 4 is 23.4 Å². The molecule has 4 rings (SSSR count). The van der Waals surface area contributed by atoms with E-state index in [0.29, 0.717) is 17.4 Å². The lowest BCUT2D eigenvalue weighted by atomic mass is 10.1. The first-order valence-corrected chi connectivity index (χ1v) is 12.0. The maximum atomic E-state index is 12.6. The van der Waals surface area contributed by atoms with Gasteiger partial charge in [0.05, 0.1) is 18.6 Å². The fraction of sp³-hybridized carbons (Fsp3) is 0.154. The van der Waals surface area contributed by atoms with Gasteiger partial charge in [0.1, 0.15) is 11.5 Å². The van der Waals surface area contributed by atoms with Gasteiger partial charge >= 0.3 is 0 Å². The number of ether oxygens (including phenoxy) is 1. The lowest BCUT2D eigenvalue weighted by molar-refractivity contribution is -0.118. The van der Waals surface area contributed by atoms with Gasteiger partial charge in [-0.1, -0.05) is 49.0 Å². The summed E-state index contributed by atoms with van der Waals surface area (Å²) in [5, 5.41) is 23.1. The second kappa shape index (κ2) is 11.3. The van der Waals surface area contributed by atoms with E-state index in [1.165, 1.54) is 11.8 Å². The van der Waals surface area contributed by atoms with E-state index >= 15 is 0 Å². The summed E-state index contributed by atoms with van der Waals surface area (Å²) in [4.78, 5) is 12.6. The minimum Gasteiger partial charge on any atom is -0.508 e. The monoisotopic (exact) mass is 487 g/mol. The van der Waals surface area contributed by atoms with E-state index in [4.69, 9.17) is 4.74 Å². The molecule has 9 heteroatoms. The van der Waals surface area contributed by atoms with Crippen molar-refractivity contribution in [2.45, 2.75) is 18.5 Å². The number of amides is 1. The molecule has 0 aliphatic heterocycles. The van der Waals surface area contributed by atoms with Crippen LogP contribution in [0.2, 0.25) is 0 Å². The van der Waals surface area contributed by atoms with Crippen molar-refractivity contribution in [2.75, 3.05) is 12.9 Å². The zero-order chi connectivity index (χ0) is 24.6. The van der Waals surface area contributed by atoms with Crippen molar-refractivity contribution in [2.24, 2.45) is 5.10 Å². The van der Waals surface area contributed by atoms with Crippen molar-refractivity contribution in [3.8, 4) is 28.6 Å². The molecule has 0 bridgehead atoms. The number of nitrogens with one attached hydrogen (secondary N) is 1. The van der Waals surface area contributed by atoms with E-state index in [1.54, 1.807) is 31.4 Å². The largest absolute Gasteiger partial charge is 0.508 e. The molecule has 0 aliphatic carbocycles. The predicted octanol–water partition coefficient (Wildman–Crippen LogP) is 4.67. The number of aromatic nitrogens is 3. The van der Waals surface area contributed by atoms with Gasteiger partial charge in [0.15, 0.2) is 11.0 Å². The molecular formula is C26H25N5O3S. The number of nitrogens with zero attached hydrogens (tertiary/aromatic N) is 4. The minimum atomic E-state index is -0.259. The lowest BCUT2D eigenvalue weighted by Gasteiger charge is -2.11. The topological polar surface area (TPSA) is 102 Å². The van der Waals surface area contributed by atoms with E-state index in [1.807, 2.05) is 66.1 Å². The third kappa shape index (κ3) is 5.88. The molecule has 0 atom stereocenters. The van der Waals surface area contributed by atoms with E-state index in [-0.39, 0.29) is 17.4 Å². The van der Waals surface area contributed by atoms with E-state index in [9.17, 15) is 9.90 Å². The number of thioether (sulfide) groups is 1. The highest BCUT2D eigenvalue weighted by molar-refractivity contribution is 7.99. The molecule has 0 saturated carbocycles. The molecule has 0 radical (unpaired) electrons. The molecule has 2 N–H and O–H groups in total. The van der Waals surface area contributed by atoms with Crippen LogP contribution in [0.1, 0.15) is 18.9 Å². The van der Waals surface area contributed by atoms with Gasteiger partial charge < -0.3 is 9.84 Å². The Balaban J connectivity index is 1.53. The molecule has 0 saturated heterocycles. The first-order valence-electron chi connectivity index (χ1n) is 11.0. The van der Waals surface area contributed by atoms with Crippen LogP contribution in [0.3, 0.4) is 0 Å². The fourth-order valence-corrected chi connectivity index (χ4v) is 4.14. The molecule has 4 aromatic rings. The fourth-order valence-electron chi connectivity index (χ4n) is 3.40. The molecule has 35 heavy (non-hydrogen) atoms. The number of phenolic OH excluding ortho intramolecular Hbond substituents is 1. The Morgan fingerprint density at radius 3 is 2.40 bits per heavy atom. The zero-order valence-corrected chi connectivity index (χ0v) is 20.2. The molecular weight excluding hydrogens is 462 g/mol. The van der Waals surface area contributed by atoms with Gasteiger partial charge in [-0.05, 0) is 60.5 Å². The number of hydrogen-bond acceptors (Lipinski definition) is 7. The Labute approximate surface area is 207 Å². The van der Waals surface area contributed by atoms with E-state index in [0.717, 1.165) is 28.3 Å². The van der Waals surface area contributed by atoms with Crippen LogP contribution in [0, 0.1) is 0 Å². The van der Waals surface area contributed by atoms with Crippen LogP contribution in [0.5, 0.6) is 11.5 Å². The molecule has 8 nitrogen and oxygen atoms in total. The summed E-state index contributed by atoms with van der Waals surface area (Å²) in [5.74, 6) is 1.46. The number of phenols is 1. The summed E-state index contributed by atoms with van der Waals surface area (Å²) in [6.07, 6.45) is 0.629. The Morgan fingerprint density at radius 1 is 1.03 bits per heavy atom. The van der Waals surface area contributed by atoms with Gasteiger partial charge in [0, 0.05) is 11.3 Å². The van der Waals surface area contributed by atoms with Gasteiger partial charge in [-0.3, -0.25) is 9.36 Å². The average Bonchev–Trinajstić information content (AvgIpc) is 3.33. The Morgan fingerprint density at radius 2 is 1.74 bits per heavy atom. The summed E-state index contributed by atoms with van der Waals surface area (Å²) >= 11 is 1.28. The summed E-state index contributed by atoms with van der Waals surface area (Å²) in [6.45, 7) is 1.95. The van der Waals surface area contributed by atoms with Crippen molar-refractivity contribution in [3.05, 3.63) is 84.4 Å². The van der Waals surface area contributed by atoms with Gasteiger partial charge in [0.2, 0.25) is 0 Å². The quantitative estimate of drug-likeness (QED) is 0.202. The number of hydrogen-bond donors (Lipinski definition) is 2. The van der Waals surface area contributed by atoms with E-state index < -0.39 is 0 Å². The van der Waals surface area contributed by atoms with Gasteiger partial charge in [-0.25, -0.2) is 5.43 Å². The minimum absolute atomic E-state index is 0.110. The number of methoxy groups -OCH3 is 1. The number of benzene rings is 3. The summed E-state index contributed by atoms with van der Waals surface area (Å²) in [5.41, 5.74) is 5.95. The molecule has 1 aromatic heterocycles. The molecule has 0 aliphatic rings. The zero-order valence-electron chi connectivity index (χ0n) is 19.4. The van der Waals surface area contributed by atoms with Crippen LogP contribution in [0.15, 0.2) is 89.1 Å². The molecule has 1 heterocycles. The number of carbonyl (C=O) groups is 1. The third-order valence-electron chi connectivity index (χ3n) is 5.18. The smallest absolute Gasteiger partial charge is 0.250 e. The third-order valence-corrected chi connectivity index (χ3v) is 6.11. The Kier molecular flexibility index (Phi) is 7.79. The molecule has 0 spiro atoms.